The number of methoxy groups -OCH3 is 1. The molecule has 2 aromatic rings. The van der Waals surface area contributed by atoms with Gasteiger partial charge < -0.3 is 15.0 Å². The molecule has 1 N–H and O–H groups in total. The molecule has 0 saturated heterocycles. The van der Waals surface area contributed by atoms with Crippen LogP contribution < -0.4 is 14.4 Å². The van der Waals surface area contributed by atoms with Gasteiger partial charge in [0.2, 0.25) is 11.8 Å². The molecule has 1 atom stereocenters. The number of hydrogen-bond donors (Lipinski definition) is 1. The maximum atomic E-state index is 13.6. The van der Waals surface area contributed by atoms with Crippen LogP contribution in [-0.2, 0) is 26.3 Å². The van der Waals surface area contributed by atoms with E-state index < -0.39 is 34.5 Å². The summed E-state index contributed by atoms with van der Waals surface area (Å²) >= 11 is 0. The quantitative estimate of drug-likeness (QED) is 0.475. The van der Waals surface area contributed by atoms with Crippen LogP contribution in [0.25, 0.3) is 0 Å². The zero-order valence-corrected chi connectivity index (χ0v) is 21.5. The molecule has 0 radical (unpaired) electrons. The van der Waals surface area contributed by atoms with E-state index in [1.54, 1.807) is 38.1 Å². The number of nitrogens with one attached hydrogen (secondary N) is 1. The number of benzene rings is 2. The van der Waals surface area contributed by atoms with E-state index in [1.807, 2.05) is 0 Å². The molecule has 0 unspecified atom stereocenters. The van der Waals surface area contributed by atoms with Crippen LogP contribution in [0.1, 0.15) is 25.8 Å². The molecule has 0 aliphatic heterocycles. The Morgan fingerprint density at radius 3 is 2.29 bits per heavy atom. The Kier molecular flexibility index (Phi) is 10.0. The lowest BCUT2D eigenvalue weighted by atomic mass is 10.1. The van der Waals surface area contributed by atoms with Crippen molar-refractivity contribution in [3.8, 4) is 5.75 Å². The number of carbonyl (C=O) groups is 2. The van der Waals surface area contributed by atoms with Crippen molar-refractivity contribution in [1.29, 1.82) is 0 Å². The van der Waals surface area contributed by atoms with Gasteiger partial charge in [0.15, 0.2) is 0 Å². The van der Waals surface area contributed by atoms with E-state index in [0.717, 1.165) is 20.7 Å². The SMILES string of the molecule is CCNC(=O)[C@@H](CC)N(Cc1cccc(OC)c1)C(=O)CN(c1ccc(F)cc1)S(=O)(=O)N(C)C. The Morgan fingerprint density at radius 1 is 1.09 bits per heavy atom. The van der Waals surface area contributed by atoms with Gasteiger partial charge in [0.25, 0.3) is 0 Å². The molecule has 11 heteroatoms. The normalized spacial score (nSPS) is 12.2. The molecule has 0 saturated carbocycles. The number of anilines is 1. The van der Waals surface area contributed by atoms with E-state index in [2.05, 4.69) is 5.32 Å². The fourth-order valence-electron chi connectivity index (χ4n) is 3.50. The highest BCUT2D eigenvalue weighted by Crippen LogP contribution is 2.22. The van der Waals surface area contributed by atoms with E-state index in [9.17, 15) is 22.4 Å². The molecule has 0 aromatic heterocycles. The minimum atomic E-state index is -4.10. The first-order chi connectivity index (χ1) is 16.5. The fourth-order valence-corrected chi connectivity index (χ4v) is 4.56. The minimum absolute atomic E-state index is 0.0605. The highest BCUT2D eigenvalue weighted by molar-refractivity contribution is 7.90. The van der Waals surface area contributed by atoms with Crippen molar-refractivity contribution in [3.63, 3.8) is 0 Å². The van der Waals surface area contributed by atoms with E-state index in [0.29, 0.717) is 24.3 Å². The van der Waals surface area contributed by atoms with Gasteiger partial charge in [-0.05, 0) is 55.3 Å². The zero-order chi connectivity index (χ0) is 26.2. The zero-order valence-electron chi connectivity index (χ0n) is 20.7. The average Bonchev–Trinajstić information content (AvgIpc) is 2.83. The second kappa shape index (κ2) is 12.5. The summed E-state index contributed by atoms with van der Waals surface area (Å²) in [5, 5.41) is 2.74. The topological polar surface area (TPSA) is 99.3 Å². The van der Waals surface area contributed by atoms with E-state index in [4.69, 9.17) is 4.74 Å². The third kappa shape index (κ3) is 7.15. The lowest BCUT2D eigenvalue weighted by Gasteiger charge is -2.33. The van der Waals surface area contributed by atoms with Crippen LogP contribution >= 0.6 is 0 Å². The predicted octanol–water partition coefficient (Wildman–Crippen LogP) is 2.39. The number of likely N-dealkylation sites (N-methyl/N-ethyl adjacent to an activating group) is 1. The first-order valence-corrected chi connectivity index (χ1v) is 12.6. The lowest BCUT2D eigenvalue weighted by molar-refractivity contribution is -0.140. The molecule has 2 amide bonds. The van der Waals surface area contributed by atoms with Gasteiger partial charge in [-0.15, -0.1) is 0 Å². The number of rotatable bonds is 12. The van der Waals surface area contributed by atoms with Crippen molar-refractivity contribution in [1.82, 2.24) is 14.5 Å². The van der Waals surface area contributed by atoms with Crippen molar-refractivity contribution in [2.45, 2.75) is 32.9 Å². The van der Waals surface area contributed by atoms with Crippen LogP contribution in [0.5, 0.6) is 5.75 Å². The van der Waals surface area contributed by atoms with Crippen LogP contribution in [-0.4, -0.2) is 69.8 Å². The molecule has 2 aromatic carbocycles. The van der Waals surface area contributed by atoms with E-state index >= 15 is 0 Å². The van der Waals surface area contributed by atoms with Crippen molar-refractivity contribution in [2.75, 3.05) is 38.6 Å². The summed E-state index contributed by atoms with van der Waals surface area (Å²) in [6.45, 7) is 3.42. The van der Waals surface area contributed by atoms with Crippen LogP contribution in [0.4, 0.5) is 10.1 Å². The molecule has 9 nitrogen and oxygen atoms in total. The largest absolute Gasteiger partial charge is 0.497 e. The number of nitrogens with zero attached hydrogens (tertiary/aromatic N) is 3. The maximum Gasteiger partial charge on any atom is 0.304 e. The van der Waals surface area contributed by atoms with Gasteiger partial charge in [0.1, 0.15) is 24.2 Å². The molecule has 0 spiro atoms. The Morgan fingerprint density at radius 2 is 1.74 bits per heavy atom. The standard InChI is InChI=1S/C24H33FN4O5S/c1-6-22(24(31)26-7-2)28(16-18-9-8-10-21(15-18)34-5)23(30)17-29(35(32,33)27(3)4)20-13-11-19(25)12-14-20/h8-15,22H,6-7,16-17H2,1-5H3,(H,26,31)/t22-/m1/s1. The van der Waals surface area contributed by atoms with Crippen LogP contribution in [0.3, 0.4) is 0 Å². The Bertz CT molecular complexity index is 1110. The lowest BCUT2D eigenvalue weighted by Crippen LogP contribution is -2.53. The highest BCUT2D eigenvalue weighted by atomic mass is 32.2. The molecule has 0 heterocycles. The molecule has 192 valence electrons. The van der Waals surface area contributed by atoms with E-state index in [1.165, 1.54) is 38.2 Å². The summed E-state index contributed by atoms with van der Waals surface area (Å²) in [5.74, 6) is -0.871. The first kappa shape index (κ1) is 28.1. The number of carbonyl (C=O) groups excluding carboxylic acids is 2. The second-order valence-electron chi connectivity index (χ2n) is 7.97. The van der Waals surface area contributed by atoms with Crippen molar-refractivity contribution in [3.05, 3.63) is 59.9 Å². The fraction of sp³-hybridized carbons (Fsp3) is 0.417. The third-order valence-electron chi connectivity index (χ3n) is 5.36. The molecule has 0 aliphatic carbocycles. The van der Waals surface area contributed by atoms with Gasteiger partial charge in [-0.2, -0.15) is 12.7 Å². The van der Waals surface area contributed by atoms with Crippen molar-refractivity contribution in [2.24, 2.45) is 0 Å². The average molecular weight is 509 g/mol. The smallest absolute Gasteiger partial charge is 0.304 e. The number of halogens is 1. The Balaban J connectivity index is 2.50. The van der Waals surface area contributed by atoms with Crippen molar-refractivity contribution >= 4 is 27.7 Å². The summed E-state index contributed by atoms with van der Waals surface area (Å²) in [6, 6.07) is 11.1. The van der Waals surface area contributed by atoms with Crippen LogP contribution in [0.2, 0.25) is 0 Å². The Labute approximate surface area is 206 Å². The monoisotopic (exact) mass is 508 g/mol. The summed E-state index contributed by atoms with van der Waals surface area (Å²) in [7, 11) is 0.105. The summed E-state index contributed by atoms with van der Waals surface area (Å²) in [5.41, 5.74) is 0.838. The van der Waals surface area contributed by atoms with Crippen LogP contribution in [0.15, 0.2) is 48.5 Å². The predicted molar refractivity (Wildman–Crippen MR) is 133 cm³/mol. The van der Waals surface area contributed by atoms with Gasteiger partial charge in [0, 0.05) is 27.2 Å². The van der Waals surface area contributed by atoms with Crippen molar-refractivity contribution < 1.29 is 27.1 Å². The molecular formula is C24H33FN4O5S. The summed E-state index contributed by atoms with van der Waals surface area (Å²) in [6.07, 6.45) is 0.318. The van der Waals surface area contributed by atoms with E-state index in [-0.39, 0.29) is 18.1 Å². The van der Waals surface area contributed by atoms with Gasteiger partial charge in [-0.1, -0.05) is 19.1 Å². The Hall–Kier alpha value is -3.18. The number of hydrogen-bond acceptors (Lipinski definition) is 5. The molecule has 0 aliphatic rings. The number of ether oxygens (including phenoxy) is 1. The van der Waals surface area contributed by atoms with Crippen LogP contribution in [0, 0.1) is 5.82 Å². The third-order valence-corrected chi connectivity index (χ3v) is 7.18. The molecular weight excluding hydrogens is 475 g/mol. The second-order valence-corrected chi connectivity index (χ2v) is 10.0. The van der Waals surface area contributed by atoms with Gasteiger partial charge in [-0.3, -0.25) is 9.59 Å². The van der Waals surface area contributed by atoms with Gasteiger partial charge in [-0.25, -0.2) is 8.70 Å². The van der Waals surface area contributed by atoms with Gasteiger partial charge >= 0.3 is 10.2 Å². The number of amides is 2. The molecule has 2 rings (SSSR count). The van der Waals surface area contributed by atoms with Gasteiger partial charge in [0.05, 0.1) is 12.8 Å². The maximum absolute atomic E-state index is 13.6. The first-order valence-electron chi connectivity index (χ1n) is 11.2. The highest BCUT2D eigenvalue weighted by Gasteiger charge is 2.33. The summed E-state index contributed by atoms with van der Waals surface area (Å²) in [4.78, 5) is 27.8. The molecule has 0 bridgehead atoms. The minimum Gasteiger partial charge on any atom is -0.497 e. The molecule has 0 fully saturated rings. The molecule has 35 heavy (non-hydrogen) atoms. The summed E-state index contributed by atoms with van der Waals surface area (Å²) < 4.78 is 46.8.